The lowest BCUT2D eigenvalue weighted by Gasteiger charge is -2.09. The molecule has 2 aromatic rings. The number of hydrogen-bond acceptors (Lipinski definition) is 2. The average Bonchev–Trinajstić information content (AvgIpc) is 2.36. The molecule has 0 atom stereocenters. The van der Waals surface area contributed by atoms with Gasteiger partial charge >= 0.3 is 0 Å². The van der Waals surface area contributed by atoms with Crippen LogP contribution in [0.15, 0.2) is 34.8 Å². The summed E-state index contributed by atoms with van der Waals surface area (Å²) in [5.74, 6) is -4.23. The predicted molar refractivity (Wildman–Crippen MR) is 72.8 cm³/mol. The number of hydrogen-bond donors (Lipinski definition) is 2. The van der Waals surface area contributed by atoms with Crippen LogP contribution in [0.5, 0.6) is 0 Å². The minimum Gasteiger partial charge on any atom is -0.399 e. The average molecular weight is 345 g/mol. The van der Waals surface area contributed by atoms with Crippen molar-refractivity contribution in [1.29, 1.82) is 0 Å². The van der Waals surface area contributed by atoms with Crippen molar-refractivity contribution in [1.82, 2.24) is 0 Å². The van der Waals surface area contributed by atoms with Crippen LogP contribution >= 0.6 is 15.9 Å². The molecule has 2 aromatic carbocycles. The number of amides is 1. The lowest BCUT2D eigenvalue weighted by Crippen LogP contribution is -2.15. The summed E-state index contributed by atoms with van der Waals surface area (Å²) in [4.78, 5) is 12.0. The van der Waals surface area contributed by atoms with Crippen molar-refractivity contribution in [2.45, 2.75) is 0 Å². The van der Waals surface area contributed by atoms with Gasteiger partial charge in [-0.1, -0.05) is 0 Å². The van der Waals surface area contributed by atoms with Crippen molar-refractivity contribution < 1.29 is 18.0 Å². The molecule has 0 saturated carbocycles. The second-order valence-electron chi connectivity index (χ2n) is 3.94. The molecule has 0 aliphatic carbocycles. The van der Waals surface area contributed by atoms with Gasteiger partial charge in [0.05, 0.1) is 5.56 Å². The topological polar surface area (TPSA) is 55.1 Å². The molecule has 0 aliphatic rings. The van der Waals surface area contributed by atoms with E-state index >= 15 is 0 Å². The number of benzene rings is 2. The van der Waals surface area contributed by atoms with Crippen molar-refractivity contribution in [2.75, 3.05) is 11.1 Å². The second-order valence-corrected chi connectivity index (χ2v) is 4.79. The van der Waals surface area contributed by atoms with Gasteiger partial charge in [-0.25, -0.2) is 13.2 Å². The van der Waals surface area contributed by atoms with E-state index in [2.05, 4.69) is 15.9 Å². The molecule has 3 nitrogen and oxygen atoms in total. The summed E-state index contributed by atoms with van der Waals surface area (Å²) >= 11 is 3.13. The standard InChI is InChI=1S/C13H8BrF3N2O/c14-9-2-1-7(18)5-8(9)13(20)19-12-10(16)3-6(15)4-11(12)17/h1-5H,18H2,(H,19,20). The summed E-state index contributed by atoms with van der Waals surface area (Å²) < 4.78 is 40.1. The van der Waals surface area contributed by atoms with Crippen molar-refractivity contribution >= 4 is 33.2 Å². The van der Waals surface area contributed by atoms with Crippen molar-refractivity contribution in [3.8, 4) is 0 Å². The number of nitrogens with one attached hydrogen (secondary N) is 1. The Morgan fingerprint density at radius 1 is 1.10 bits per heavy atom. The Kier molecular flexibility index (Phi) is 3.99. The lowest BCUT2D eigenvalue weighted by atomic mass is 10.2. The number of rotatable bonds is 2. The van der Waals surface area contributed by atoms with Crippen LogP contribution in [0.2, 0.25) is 0 Å². The fourth-order valence-corrected chi connectivity index (χ4v) is 1.99. The van der Waals surface area contributed by atoms with E-state index in [-0.39, 0.29) is 5.56 Å². The minimum atomic E-state index is -1.20. The Labute approximate surface area is 120 Å². The van der Waals surface area contributed by atoms with Crippen LogP contribution in [0.25, 0.3) is 0 Å². The van der Waals surface area contributed by atoms with E-state index in [1.165, 1.54) is 12.1 Å². The molecule has 3 N–H and O–H groups in total. The first-order valence-electron chi connectivity index (χ1n) is 5.39. The third-order valence-corrected chi connectivity index (χ3v) is 3.17. The van der Waals surface area contributed by atoms with Crippen LogP contribution < -0.4 is 11.1 Å². The molecule has 2 rings (SSSR count). The Bertz CT molecular complexity index is 668. The normalized spacial score (nSPS) is 10.4. The monoisotopic (exact) mass is 344 g/mol. The van der Waals surface area contributed by atoms with Crippen LogP contribution in [0.3, 0.4) is 0 Å². The van der Waals surface area contributed by atoms with E-state index in [4.69, 9.17) is 5.73 Å². The summed E-state index contributed by atoms with van der Waals surface area (Å²) in [7, 11) is 0. The van der Waals surface area contributed by atoms with E-state index in [0.717, 1.165) is 0 Å². The van der Waals surface area contributed by atoms with E-state index in [0.29, 0.717) is 22.3 Å². The highest BCUT2D eigenvalue weighted by Gasteiger charge is 2.17. The third-order valence-electron chi connectivity index (χ3n) is 2.48. The molecule has 0 heterocycles. The summed E-state index contributed by atoms with van der Waals surface area (Å²) in [6.07, 6.45) is 0. The first kappa shape index (κ1) is 14.4. The van der Waals surface area contributed by atoms with Gasteiger partial charge in [0.15, 0.2) is 11.6 Å². The highest BCUT2D eigenvalue weighted by Crippen LogP contribution is 2.24. The smallest absolute Gasteiger partial charge is 0.257 e. The minimum absolute atomic E-state index is 0.105. The van der Waals surface area contributed by atoms with Crippen LogP contribution in [-0.2, 0) is 0 Å². The fourth-order valence-electron chi connectivity index (χ4n) is 1.56. The first-order valence-corrected chi connectivity index (χ1v) is 6.18. The van der Waals surface area contributed by atoms with Crippen LogP contribution in [-0.4, -0.2) is 5.91 Å². The highest BCUT2D eigenvalue weighted by molar-refractivity contribution is 9.10. The zero-order valence-electron chi connectivity index (χ0n) is 9.88. The van der Waals surface area contributed by atoms with E-state index in [1.54, 1.807) is 6.07 Å². The SMILES string of the molecule is Nc1ccc(Br)c(C(=O)Nc2c(F)cc(F)cc2F)c1. The maximum atomic E-state index is 13.4. The number of nitrogens with two attached hydrogens (primary N) is 1. The second kappa shape index (κ2) is 5.54. The van der Waals surface area contributed by atoms with Crippen LogP contribution in [0.1, 0.15) is 10.4 Å². The highest BCUT2D eigenvalue weighted by atomic mass is 79.9. The van der Waals surface area contributed by atoms with Gasteiger partial charge in [-0.2, -0.15) is 0 Å². The van der Waals surface area contributed by atoms with Gasteiger partial charge in [0.25, 0.3) is 5.91 Å². The number of carbonyl (C=O) groups excluding carboxylic acids is 1. The van der Waals surface area contributed by atoms with Gasteiger partial charge < -0.3 is 11.1 Å². The van der Waals surface area contributed by atoms with Gasteiger partial charge in [0.1, 0.15) is 11.5 Å². The summed E-state index contributed by atoms with van der Waals surface area (Å²) in [5, 5.41) is 2.05. The Morgan fingerprint density at radius 2 is 1.70 bits per heavy atom. The molecule has 0 saturated heterocycles. The van der Waals surface area contributed by atoms with Crippen LogP contribution in [0, 0.1) is 17.5 Å². The van der Waals surface area contributed by atoms with E-state index < -0.39 is 29.0 Å². The predicted octanol–water partition coefficient (Wildman–Crippen LogP) is 3.70. The summed E-state index contributed by atoms with van der Waals surface area (Å²) in [6, 6.07) is 5.39. The fraction of sp³-hybridized carbons (Fsp3) is 0. The zero-order chi connectivity index (χ0) is 14.9. The molecule has 1 amide bonds. The molecular formula is C13H8BrF3N2O. The molecule has 0 unspecified atom stereocenters. The Morgan fingerprint density at radius 3 is 2.30 bits per heavy atom. The van der Waals surface area contributed by atoms with E-state index in [9.17, 15) is 18.0 Å². The van der Waals surface area contributed by atoms with Gasteiger partial charge in [-0.05, 0) is 34.1 Å². The number of nitrogen functional groups attached to an aromatic ring is 1. The zero-order valence-corrected chi connectivity index (χ0v) is 11.5. The largest absolute Gasteiger partial charge is 0.399 e. The van der Waals surface area contributed by atoms with Crippen molar-refractivity contribution in [3.05, 3.63) is 57.8 Å². The molecule has 0 aliphatic heterocycles. The molecule has 20 heavy (non-hydrogen) atoms. The first-order chi connectivity index (χ1) is 9.38. The maximum absolute atomic E-state index is 13.4. The third kappa shape index (κ3) is 2.93. The van der Waals surface area contributed by atoms with E-state index in [1.807, 2.05) is 5.32 Å². The molecule has 0 fully saturated rings. The summed E-state index contributed by atoms with van der Waals surface area (Å²) in [6.45, 7) is 0. The van der Waals surface area contributed by atoms with Gasteiger partial charge in [-0.3, -0.25) is 4.79 Å². The Hall–Kier alpha value is -2.02. The summed E-state index contributed by atoms with van der Waals surface area (Å²) in [5.41, 5.74) is 5.25. The number of halogens is 4. The molecular weight excluding hydrogens is 337 g/mol. The molecule has 0 bridgehead atoms. The maximum Gasteiger partial charge on any atom is 0.257 e. The van der Waals surface area contributed by atoms with Gasteiger partial charge in [0.2, 0.25) is 0 Å². The number of carbonyl (C=O) groups is 1. The van der Waals surface area contributed by atoms with Crippen LogP contribution in [0.4, 0.5) is 24.5 Å². The van der Waals surface area contributed by atoms with Gasteiger partial charge in [0, 0.05) is 22.3 Å². The van der Waals surface area contributed by atoms with Crippen molar-refractivity contribution in [2.24, 2.45) is 0 Å². The van der Waals surface area contributed by atoms with Gasteiger partial charge in [-0.15, -0.1) is 0 Å². The van der Waals surface area contributed by atoms with Crippen molar-refractivity contribution in [3.63, 3.8) is 0 Å². The number of anilines is 2. The molecule has 0 radical (unpaired) electrons. The molecule has 0 aromatic heterocycles. The quantitative estimate of drug-likeness (QED) is 0.816. The molecule has 0 spiro atoms. The molecule has 104 valence electrons. The lowest BCUT2D eigenvalue weighted by molar-refractivity contribution is 0.102. The Balaban J connectivity index is 2.35. The molecule has 7 heteroatoms.